The van der Waals surface area contributed by atoms with E-state index in [1.54, 1.807) is 12.1 Å². The van der Waals surface area contributed by atoms with Gasteiger partial charge in [-0.25, -0.2) is 4.39 Å². The van der Waals surface area contributed by atoms with E-state index in [9.17, 15) is 4.39 Å². The van der Waals surface area contributed by atoms with Gasteiger partial charge in [-0.05, 0) is 43.7 Å². The third kappa shape index (κ3) is 4.15. The minimum absolute atomic E-state index is 0.157. The molecule has 0 radical (unpaired) electrons. The first-order valence-corrected chi connectivity index (χ1v) is 9.89. The molecule has 2 rings (SSSR count). The average Bonchev–Trinajstić information content (AvgIpc) is 2.48. The van der Waals surface area contributed by atoms with Crippen LogP contribution in [-0.2, 0) is 6.42 Å². The number of benzene rings is 1. The molecule has 0 aliphatic carbocycles. The molecule has 0 amide bonds. The van der Waals surface area contributed by atoms with Crippen LogP contribution in [0.3, 0.4) is 0 Å². The Kier molecular flexibility index (Phi) is 6.72. The van der Waals surface area contributed by atoms with E-state index < -0.39 is 0 Å². The lowest BCUT2D eigenvalue weighted by atomic mass is 10.00. The predicted octanol–water partition coefficient (Wildman–Crippen LogP) is 4.35. The first-order chi connectivity index (χ1) is 9.65. The van der Waals surface area contributed by atoms with Crippen molar-refractivity contribution in [2.45, 2.75) is 36.3 Å². The molecular formula is C15H21BrFNS2. The van der Waals surface area contributed by atoms with Gasteiger partial charge in [0.1, 0.15) is 5.82 Å². The van der Waals surface area contributed by atoms with E-state index in [1.165, 1.54) is 24.0 Å². The van der Waals surface area contributed by atoms with E-state index in [0.29, 0.717) is 16.5 Å². The highest BCUT2D eigenvalue weighted by Crippen LogP contribution is 2.36. The van der Waals surface area contributed by atoms with Crippen LogP contribution in [-0.4, -0.2) is 35.1 Å². The van der Waals surface area contributed by atoms with Crippen molar-refractivity contribution in [2.75, 3.05) is 18.6 Å². The number of thioether (sulfide) groups is 2. The Morgan fingerprint density at radius 1 is 1.40 bits per heavy atom. The summed E-state index contributed by atoms with van der Waals surface area (Å²) in [4.78, 5) is 0. The van der Waals surface area contributed by atoms with Crippen LogP contribution in [0.4, 0.5) is 4.39 Å². The largest absolute Gasteiger partial charge is 0.316 e. The highest BCUT2D eigenvalue weighted by Gasteiger charge is 2.31. The summed E-state index contributed by atoms with van der Waals surface area (Å²) in [7, 11) is 2.02. The number of hydrogen-bond acceptors (Lipinski definition) is 3. The Labute approximate surface area is 138 Å². The summed E-state index contributed by atoms with van der Waals surface area (Å²) < 4.78 is 14.4. The standard InChI is InChI=1S/C15H21BrFNS2/c1-3-14-15(20-7-6-19-14)13(18-2)9-10-8-11(17)4-5-12(10)16/h4-5,8,13-15,18H,3,6-7,9H2,1-2H3. The van der Waals surface area contributed by atoms with Crippen LogP contribution < -0.4 is 5.32 Å². The Morgan fingerprint density at radius 3 is 2.85 bits per heavy atom. The lowest BCUT2D eigenvalue weighted by Crippen LogP contribution is -2.45. The van der Waals surface area contributed by atoms with E-state index in [1.807, 2.05) is 7.05 Å². The van der Waals surface area contributed by atoms with Crippen molar-refractivity contribution in [3.63, 3.8) is 0 Å². The molecule has 0 aromatic heterocycles. The molecule has 20 heavy (non-hydrogen) atoms. The van der Waals surface area contributed by atoms with E-state index in [0.717, 1.165) is 16.5 Å². The zero-order valence-electron chi connectivity index (χ0n) is 11.9. The summed E-state index contributed by atoms with van der Waals surface area (Å²) in [5.74, 6) is 2.31. The number of likely N-dealkylation sites (N-methyl/N-ethyl adjacent to an activating group) is 1. The summed E-state index contributed by atoms with van der Waals surface area (Å²) in [6.45, 7) is 2.27. The Bertz CT molecular complexity index is 444. The van der Waals surface area contributed by atoms with Crippen LogP contribution >= 0.6 is 39.5 Å². The molecular weight excluding hydrogens is 357 g/mol. The number of halogens is 2. The maximum absolute atomic E-state index is 13.4. The van der Waals surface area contributed by atoms with E-state index >= 15 is 0 Å². The first kappa shape index (κ1) is 16.7. The highest BCUT2D eigenvalue weighted by molar-refractivity contribution is 9.10. The minimum Gasteiger partial charge on any atom is -0.316 e. The molecule has 1 saturated heterocycles. The maximum Gasteiger partial charge on any atom is 0.123 e. The summed E-state index contributed by atoms with van der Waals surface area (Å²) in [5, 5.41) is 4.74. The van der Waals surface area contributed by atoms with E-state index in [-0.39, 0.29) is 5.82 Å². The van der Waals surface area contributed by atoms with E-state index in [4.69, 9.17) is 0 Å². The molecule has 5 heteroatoms. The molecule has 1 aromatic carbocycles. The van der Waals surface area contributed by atoms with Gasteiger partial charge < -0.3 is 5.32 Å². The fourth-order valence-corrected chi connectivity index (χ4v) is 6.34. The predicted molar refractivity (Wildman–Crippen MR) is 93.4 cm³/mol. The second-order valence-corrected chi connectivity index (χ2v) is 8.48. The topological polar surface area (TPSA) is 12.0 Å². The lowest BCUT2D eigenvalue weighted by molar-refractivity contribution is 0.514. The van der Waals surface area contributed by atoms with Crippen LogP contribution in [0.25, 0.3) is 0 Å². The SMILES string of the molecule is CCC1SCCSC1C(Cc1cc(F)ccc1Br)NC. The van der Waals surface area contributed by atoms with Gasteiger partial charge >= 0.3 is 0 Å². The van der Waals surface area contributed by atoms with Gasteiger partial charge in [-0.3, -0.25) is 0 Å². The van der Waals surface area contributed by atoms with E-state index in [2.05, 4.69) is 51.7 Å². The normalized spacial score (nSPS) is 24.6. The second kappa shape index (κ2) is 8.06. The minimum atomic E-state index is -0.157. The maximum atomic E-state index is 13.4. The molecule has 1 aliphatic rings. The fraction of sp³-hybridized carbons (Fsp3) is 0.600. The molecule has 0 spiro atoms. The smallest absolute Gasteiger partial charge is 0.123 e. The molecule has 1 fully saturated rings. The highest BCUT2D eigenvalue weighted by atomic mass is 79.9. The monoisotopic (exact) mass is 377 g/mol. The summed E-state index contributed by atoms with van der Waals surface area (Å²) in [6.07, 6.45) is 2.06. The van der Waals surface area contributed by atoms with Gasteiger partial charge in [-0.1, -0.05) is 22.9 Å². The van der Waals surface area contributed by atoms with Crippen molar-refractivity contribution in [2.24, 2.45) is 0 Å². The van der Waals surface area contributed by atoms with Crippen molar-refractivity contribution >= 4 is 39.5 Å². The molecule has 1 N–H and O–H groups in total. The van der Waals surface area contributed by atoms with Gasteiger partial charge in [0.15, 0.2) is 0 Å². The third-order valence-corrected chi connectivity index (χ3v) is 7.89. The molecule has 0 saturated carbocycles. The molecule has 3 atom stereocenters. The molecule has 1 aliphatic heterocycles. The summed E-state index contributed by atoms with van der Waals surface area (Å²) in [6, 6.07) is 5.34. The molecule has 1 heterocycles. The zero-order chi connectivity index (χ0) is 14.5. The Balaban J connectivity index is 2.13. The van der Waals surface area contributed by atoms with Gasteiger partial charge in [0.25, 0.3) is 0 Å². The molecule has 1 nitrogen and oxygen atoms in total. The van der Waals surface area contributed by atoms with Crippen LogP contribution in [0.1, 0.15) is 18.9 Å². The lowest BCUT2D eigenvalue weighted by Gasteiger charge is -2.36. The summed E-state index contributed by atoms with van der Waals surface area (Å²) in [5.41, 5.74) is 1.05. The number of rotatable bonds is 5. The fourth-order valence-electron chi connectivity index (χ4n) is 2.63. The zero-order valence-corrected chi connectivity index (χ0v) is 15.1. The van der Waals surface area contributed by atoms with Gasteiger partial charge in [0.2, 0.25) is 0 Å². The van der Waals surface area contributed by atoms with Crippen molar-refractivity contribution in [3.8, 4) is 0 Å². The van der Waals surface area contributed by atoms with Gasteiger partial charge in [0, 0.05) is 32.5 Å². The third-order valence-electron chi connectivity index (χ3n) is 3.71. The Morgan fingerprint density at radius 2 is 2.15 bits per heavy atom. The number of nitrogens with one attached hydrogen (secondary N) is 1. The van der Waals surface area contributed by atoms with Crippen LogP contribution in [0, 0.1) is 5.82 Å². The Hall–Kier alpha value is 0.290. The van der Waals surface area contributed by atoms with Crippen LogP contribution in [0.15, 0.2) is 22.7 Å². The van der Waals surface area contributed by atoms with Crippen molar-refractivity contribution in [1.29, 1.82) is 0 Å². The molecule has 0 bridgehead atoms. The van der Waals surface area contributed by atoms with Crippen molar-refractivity contribution in [3.05, 3.63) is 34.1 Å². The quantitative estimate of drug-likeness (QED) is 0.818. The van der Waals surface area contributed by atoms with Crippen molar-refractivity contribution < 1.29 is 4.39 Å². The van der Waals surface area contributed by atoms with Gasteiger partial charge in [-0.15, -0.1) is 0 Å². The summed E-state index contributed by atoms with van der Waals surface area (Å²) >= 11 is 7.69. The van der Waals surface area contributed by atoms with Crippen LogP contribution in [0.2, 0.25) is 0 Å². The second-order valence-electron chi connectivity index (χ2n) is 4.99. The molecule has 3 unspecified atom stereocenters. The van der Waals surface area contributed by atoms with Crippen LogP contribution in [0.5, 0.6) is 0 Å². The average molecular weight is 378 g/mol. The van der Waals surface area contributed by atoms with Crippen molar-refractivity contribution in [1.82, 2.24) is 5.32 Å². The number of hydrogen-bond donors (Lipinski definition) is 1. The molecule has 112 valence electrons. The molecule has 1 aromatic rings. The van der Waals surface area contributed by atoms with Gasteiger partial charge in [0.05, 0.1) is 0 Å². The van der Waals surface area contributed by atoms with Gasteiger partial charge in [-0.2, -0.15) is 23.5 Å². The first-order valence-electron chi connectivity index (χ1n) is 7.00.